The highest BCUT2D eigenvalue weighted by Crippen LogP contribution is 2.15. The van der Waals surface area contributed by atoms with Crippen LogP contribution in [0.4, 0.5) is 0 Å². The molecule has 0 spiro atoms. The summed E-state index contributed by atoms with van der Waals surface area (Å²) in [5, 5.41) is 23.6. The Hall–Kier alpha value is -3.22. The molecule has 0 aromatic rings. The van der Waals surface area contributed by atoms with E-state index in [2.05, 4.69) is 68.6 Å². The molecule has 6 nitrogen and oxygen atoms in total. The summed E-state index contributed by atoms with van der Waals surface area (Å²) in [6, 6.07) is -0.748. The second kappa shape index (κ2) is 44.9. The Morgan fingerprint density at radius 1 is 0.552 bits per heavy atom. The number of unbranched alkanes of at least 4 members (excludes halogenated alkanes) is 17. The molecule has 0 saturated heterocycles. The van der Waals surface area contributed by atoms with Gasteiger partial charge in [0.1, 0.15) is 6.10 Å². The van der Waals surface area contributed by atoms with Crippen molar-refractivity contribution in [2.75, 3.05) is 6.61 Å². The van der Waals surface area contributed by atoms with Crippen molar-refractivity contribution in [2.45, 2.75) is 212 Å². The largest absolute Gasteiger partial charge is 0.461 e. The molecular formula is C52H87NO5. The Kier molecular flexibility index (Phi) is 42.4. The lowest BCUT2D eigenvalue weighted by atomic mass is 10.0. The van der Waals surface area contributed by atoms with Crippen LogP contribution < -0.4 is 5.32 Å². The van der Waals surface area contributed by atoms with Gasteiger partial charge in [0.15, 0.2) is 0 Å². The lowest BCUT2D eigenvalue weighted by Gasteiger charge is -2.24. The molecule has 0 fully saturated rings. The van der Waals surface area contributed by atoms with Gasteiger partial charge in [0.25, 0.3) is 0 Å². The monoisotopic (exact) mass is 806 g/mol. The fraction of sp³-hybridized carbons (Fsp3) is 0.654. The van der Waals surface area contributed by atoms with Gasteiger partial charge >= 0.3 is 5.97 Å². The zero-order valence-electron chi connectivity index (χ0n) is 37.4. The number of nitrogens with one attached hydrogen (secondary N) is 1. The number of aliphatic hydroxyl groups excluding tert-OH is 2. The molecule has 330 valence electrons. The second-order valence-corrected chi connectivity index (χ2v) is 15.6. The van der Waals surface area contributed by atoms with E-state index in [1.165, 1.54) is 77.0 Å². The maximum absolute atomic E-state index is 13.1. The van der Waals surface area contributed by atoms with Crippen molar-refractivity contribution in [3.8, 4) is 0 Å². The molecule has 0 aliphatic heterocycles. The van der Waals surface area contributed by atoms with Gasteiger partial charge in [0.05, 0.1) is 25.2 Å². The van der Waals surface area contributed by atoms with Crippen LogP contribution in [0.15, 0.2) is 97.2 Å². The molecule has 0 radical (unpaired) electrons. The molecule has 3 N–H and O–H groups in total. The number of hydrogen-bond acceptors (Lipinski definition) is 5. The van der Waals surface area contributed by atoms with Gasteiger partial charge in [-0.05, 0) is 57.8 Å². The number of ether oxygens (including phenoxy) is 1. The molecule has 0 bridgehead atoms. The molecule has 3 unspecified atom stereocenters. The summed E-state index contributed by atoms with van der Waals surface area (Å²) >= 11 is 0. The summed E-state index contributed by atoms with van der Waals surface area (Å²) in [6.07, 6.45) is 59.2. The summed E-state index contributed by atoms with van der Waals surface area (Å²) in [5.74, 6) is -0.643. The Balaban J connectivity index is 4.74. The number of aliphatic hydroxyl groups is 2. The lowest BCUT2D eigenvalue weighted by Crippen LogP contribution is -2.46. The van der Waals surface area contributed by atoms with Crippen molar-refractivity contribution in [1.82, 2.24) is 5.32 Å². The van der Waals surface area contributed by atoms with E-state index in [0.717, 1.165) is 70.6 Å². The first-order valence-electron chi connectivity index (χ1n) is 23.5. The Labute approximate surface area is 356 Å². The van der Waals surface area contributed by atoms with Crippen molar-refractivity contribution in [3.63, 3.8) is 0 Å². The molecule has 1 amide bonds. The van der Waals surface area contributed by atoms with Crippen LogP contribution >= 0.6 is 0 Å². The molecule has 0 aliphatic rings. The quantitative estimate of drug-likeness (QED) is 0.0248. The number of carbonyl (C=O) groups excluding carboxylic acids is 2. The Morgan fingerprint density at radius 2 is 1.02 bits per heavy atom. The molecule has 0 aromatic carbocycles. The smallest absolute Gasteiger partial charge is 0.306 e. The van der Waals surface area contributed by atoms with Crippen molar-refractivity contribution in [2.24, 2.45) is 0 Å². The van der Waals surface area contributed by atoms with E-state index in [-0.39, 0.29) is 24.9 Å². The third kappa shape index (κ3) is 39.6. The van der Waals surface area contributed by atoms with E-state index < -0.39 is 18.2 Å². The van der Waals surface area contributed by atoms with Gasteiger partial charge in [-0.2, -0.15) is 0 Å². The van der Waals surface area contributed by atoms with Crippen LogP contribution in [-0.2, 0) is 14.3 Å². The number of rotatable bonds is 40. The average Bonchev–Trinajstić information content (AvgIpc) is 3.22. The number of carbonyl (C=O) groups is 2. The molecule has 0 rings (SSSR count). The predicted molar refractivity (Wildman–Crippen MR) is 250 cm³/mol. The maximum atomic E-state index is 13.1. The van der Waals surface area contributed by atoms with E-state index >= 15 is 0 Å². The number of esters is 1. The normalized spacial score (nSPS) is 14.2. The molecule has 0 aliphatic carbocycles. The highest BCUT2D eigenvalue weighted by molar-refractivity contribution is 5.77. The van der Waals surface area contributed by atoms with Gasteiger partial charge < -0.3 is 20.3 Å². The number of amides is 1. The molecule has 58 heavy (non-hydrogen) atoms. The predicted octanol–water partition coefficient (Wildman–Crippen LogP) is 13.8. The van der Waals surface area contributed by atoms with Crippen LogP contribution in [0.25, 0.3) is 0 Å². The highest BCUT2D eigenvalue weighted by atomic mass is 16.5. The molecule has 0 aromatic heterocycles. The van der Waals surface area contributed by atoms with Gasteiger partial charge in [-0.3, -0.25) is 9.59 Å². The minimum atomic E-state index is -0.825. The van der Waals surface area contributed by atoms with Gasteiger partial charge in [-0.25, -0.2) is 0 Å². The van der Waals surface area contributed by atoms with E-state index in [9.17, 15) is 19.8 Å². The summed E-state index contributed by atoms with van der Waals surface area (Å²) in [4.78, 5) is 26.0. The first-order chi connectivity index (χ1) is 28.5. The van der Waals surface area contributed by atoms with Crippen LogP contribution in [0.2, 0.25) is 0 Å². The van der Waals surface area contributed by atoms with Gasteiger partial charge in [0.2, 0.25) is 5.91 Å². The zero-order chi connectivity index (χ0) is 42.4. The van der Waals surface area contributed by atoms with Gasteiger partial charge in [-0.15, -0.1) is 0 Å². The van der Waals surface area contributed by atoms with Gasteiger partial charge in [0, 0.05) is 12.8 Å². The molecule has 3 atom stereocenters. The summed E-state index contributed by atoms with van der Waals surface area (Å²) < 4.78 is 5.81. The Morgan fingerprint density at radius 3 is 1.59 bits per heavy atom. The standard InChI is InChI=1S/C52H87NO5/c1-4-7-10-13-16-19-22-23-24-25-26-27-30-33-36-39-42-45-52(57)58-48(43-40-37-34-31-28-20-17-14-11-8-5-2)46-51(56)53-49(47-54)50(55)44-41-38-35-32-29-21-18-15-12-9-6-3/h8,11,14,16-17,19-20,23-24,26-28,31,34,37,40,48-50,54-55H,4-7,9-10,12-13,15,18,21-22,25,29-30,32-33,35-36,38-39,41-47H2,1-3H3,(H,53,56)/b11-8+,17-14+,19-16-,24-23-,27-26-,28-20-,34-31-,40-37+. The lowest BCUT2D eigenvalue weighted by molar-refractivity contribution is -0.150. The topological polar surface area (TPSA) is 95.9 Å². The summed E-state index contributed by atoms with van der Waals surface area (Å²) in [6.45, 7) is 6.23. The minimum absolute atomic E-state index is 0.0330. The fourth-order valence-corrected chi connectivity index (χ4v) is 6.46. The fourth-order valence-electron chi connectivity index (χ4n) is 6.46. The van der Waals surface area contributed by atoms with Crippen LogP contribution in [0, 0.1) is 0 Å². The van der Waals surface area contributed by atoms with Crippen molar-refractivity contribution in [3.05, 3.63) is 97.2 Å². The van der Waals surface area contributed by atoms with Crippen molar-refractivity contribution in [1.29, 1.82) is 0 Å². The summed E-state index contributed by atoms with van der Waals surface area (Å²) in [5.41, 5.74) is 0. The zero-order valence-corrected chi connectivity index (χ0v) is 37.4. The van der Waals surface area contributed by atoms with E-state index in [4.69, 9.17) is 4.74 Å². The SMILES string of the molecule is CC/C=C/C=C/C=C\C=C/C=C/CC(CC(=O)NC(CO)C(O)CCCCCCCCCCCCC)OC(=O)CCCCCC/C=C\C/C=C\C/C=C\CCCCC. The third-order valence-electron chi connectivity index (χ3n) is 10.0. The van der Waals surface area contributed by atoms with Crippen LogP contribution in [-0.4, -0.2) is 46.9 Å². The number of hydrogen-bond donors (Lipinski definition) is 3. The van der Waals surface area contributed by atoms with E-state index in [1.807, 2.05) is 54.7 Å². The Bertz CT molecular complexity index is 1180. The molecule has 0 heterocycles. The van der Waals surface area contributed by atoms with Crippen molar-refractivity contribution >= 4 is 11.9 Å². The van der Waals surface area contributed by atoms with E-state index in [0.29, 0.717) is 19.3 Å². The minimum Gasteiger partial charge on any atom is -0.461 e. The van der Waals surface area contributed by atoms with Crippen molar-refractivity contribution < 1.29 is 24.5 Å². The summed E-state index contributed by atoms with van der Waals surface area (Å²) in [7, 11) is 0. The van der Waals surface area contributed by atoms with Crippen LogP contribution in [0.3, 0.4) is 0 Å². The molecule has 0 saturated carbocycles. The molecule has 6 heteroatoms. The second-order valence-electron chi connectivity index (χ2n) is 15.6. The van der Waals surface area contributed by atoms with Crippen LogP contribution in [0.5, 0.6) is 0 Å². The first kappa shape index (κ1) is 54.8. The average molecular weight is 806 g/mol. The highest BCUT2D eigenvalue weighted by Gasteiger charge is 2.23. The van der Waals surface area contributed by atoms with E-state index in [1.54, 1.807) is 0 Å². The van der Waals surface area contributed by atoms with Crippen LogP contribution in [0.1, 0.15) is 194 Å². The third-order valence-corrected chi connectivity index (χ3v) is 10.0. The van der Waals surface area contributed by atoms with Gasteiger partial charge in [-0.1, -0.05) is 214 Å². The first-order valence-corrected chi connectivity index (χ1v) is 23.5. The number of allylic oxidation sites excluding steroid dienone is 15. The molecular weight excluding hydrogens is 719 g/mol. The maximum Gasteiger partial charge on any atom is 0.306 e.